The van der Waals surface area contributed by atoms with Crippen LogP contribution in [-0.4, -0.2) is 16.5 Å². The highest BCUT2D eigenvalue weighted by molar-refractivity contribution is 5.45. The highest BCUT2D eigenvalue weighted by atomic mass is 16.6. The highest BCUT2D eigenvalue weighted by Crippen LogP contribution is 2.26. The molecule has 0 bridgehead atoms. The summed E-state index contributed by atoms with van der Waals surface area (Å²) >= 11 is 0. The number of nitrogens with one attached hydrogen (secondary N) is 1. The average Bonchev–Trinajstić information content (AvgIpc) is 2.52. The van der Waals surface area contributed by atoms with Gasteiger partial charge in [0.25, 0.3) is 0 Å². The Morgan fingerprint density at radius 3 is 2.76 bits per heavy atom. The topological polar surface area (TPSA) is 77.3 Å². The van der Waals surface area contributed by atoms with Crippen LogP contribution in [0.1, 0.15) is 18.9 Å². The molecule has 2 aromatic rings. The first-order valence-electron chi connectivity index (χ1n) is 6.75. The highest BCUT2D eigenvalue weighted by Gasteiger charge is 2.13. The van der Waals surface area contributed by atoms with Gasteiger partial charge < -0.3 is 10.1 Å². The number of anilines is 1. The van der Waals surface area contributed by atoms with Crippen molar-refractivity contribution >= 4 is 11.5 Å². The van der Waals surface area contributed by atoms with Crippen LogP contribution in [0.25, 0.3) is 0 Å². The molecule has 21 heavy (non-hydrogen) atoms. The number of nitro groups is 1. The number of rotatable bonds is 7. The maximum Gasteiger partial charge on any atom is 0.310 e. The molecule has 0 aliphatic carbocycles. The van der Waals surface area contributed by atoms with Gasteiger partial charge in [-0.15, -0.1) is 0 Å². The summed E-state index contributed by atoms with van der Waals surface area (Å²) in [6.07, 6.45) is 2.73. The number of nitro benzene ring substituents is 1. The van der Waals surface area contributed by atoms with Gasteiger partial charge in [-0.2, -0.15) is 0 Å². The lowest BCUT2D eigenvalue weighted by Crippen LogP contribution is -2.03. The van der Waals surface area contributed by atoms with Gasteiger partial charge in [-0.25, -0.2) is 4.98 Å². The largest absolute Gasteiger partial charge is 0.482 e. The number of nitrogens with zero attached hydrogens (tertiary/aromatic N) is 2. The van der Waals surface area contributed by atoms with Crippen molar-refractivity contribution in [1.29, 1.82) is 0 Å². The van der Waals surface area contributed by atoms with Crippen LogP contribution >= 0.6 is 0 Å². The van der Waals surface area contributed by atoms with Crippen LogP contribution in [0.4, 0.5) is 11.5 Å². The average molecular weight is 287 g/mol. The molecule has 110 valence electrons. The van der Waals surface area contributed by atoms with Crippen molar-refractivity contribution in [2.24, 2.45) is 0 Å². The second kappa shape index (κ2) is 7.23. The van der Waals surface area contributed by atoms with Crippen molar-refractivity contribution in [3.63, 3.8) is 0 Å². The fraction of sp³-hybridized carbons (Fsp3) is 0.267. The van der Waals surface area contributed by atoms with Crippen LogP contribution < -0.4 is 10.1 Å². The van der Waals surface area contributed by atoms with Crippen molar-refractivity contribution in [2.45, 2.75) is 20.0 Å². The third-order valence-corrected chi connectivity index (χ3v) is 2.84. The van der Waals surface area contributed by atoms with Crippen molar-refractivity contribution in [1.82, 2.24) is 4.98 Å². The predicted octanol–water partition coefficient (Wildman–Crippen LogP) is 3.39. The Balaban J connectivity index is 1.98. The minimum Gasteiger partial charge on any atom is -0.482 e. The van der Waals surface area contributed by atoms with E-state index in [1.165, 1.54) is 6.07 Å². The number of pyridine rings is 1. The first kappa shape index (κ1) is 14.8. The van der Waals surface area contributed by atoms with E-state index in [0.717, 1.165) is 24.3 Å². The summed E-state index contributed by atoms with van der Waals surface area (Å²) in [5.41, 5.74) is 0.821. The summed E-state index contributed by atoms with van der Waals surface area (Å²) in [4.78, 5) is 14.7. The molecule has 1 N–H and O–H groups in total. The number of aromatic nitrogens is 1. The number of hydrogen-bond acceptors (Lipinski definition) is 5. The zero-order valence-corrected chi connectivity index (χ0v) is 11.8. The van der Waals surface area contributed by atoms with Gasteiger partial charge in [0.05, 0.1) is 4.92 Å². The van der Waals surface area contributed by atoms with E-state index in [1.54, 1.807) is 24.4 Å². The molecule has 6 heteroatoms. The Bertz CT molecular complexity index is 599. The predicted molar refractivity (Wildman–Crippen MR) is 80.4 cm³/mol. The fourth-order valence-electron chi connectivity index (χ4n) is 1.76. The minimum absolute atomic E-state index is 0.0355. The third kappa shape index (κ3) is 4.17. The molecule has 0 saturated carbocycles. The minimum atomic E-state index is -0.453. The normalized spacial score (nSPS) is 10.1. The van der Waals surface area contributed by atoms with E-state index in [9.17, 15) is 10.1 Å². The fourth-order valence-corrected chi connectivity index (χ4v) is 1.76. The molecule has 0 aliphatic rings. The van der Waals surface area contributed by atoms with Gasteiger partial charge in [0, 0.05) is 24.4 Å². The molecule has 1 aromatic carbocycles. The lowest BCUT2D eigenvalue weighted by Gasteiger charge is -2.08. The van der Waals surface area contributed by atoms with Crippen LogP contribution in [0.3, 0.4) is 0 Å². The van der Waals surface area contributed by atoms with Gasteiger partial charge in [0.1, 0.15) is 12.4 Å². The number of para-hydroxylation sites is 2. The lowest BCUT2D eigenvalue weighted by molar-refractivity contribution is -0.385. The standard InChI is InChI=1S/C15H17N3O3/c1-2-9-16-15-8-7-12(10-17-15)11-21-14-6-4-3-5-13(14)18(19)20/h3-8,10H,2,9,11H2,1H3,(H,16,17). The van der Waals surface area contributed by atoms with Crippen molar-refractivity contribution in [2.75, 3.05) is 11.9 Å². The molecule has 1 aromatic heterocycles. The quantitative estimate of drug-likeness (QED) is 0.624. The van der Waals surface area contributed by atoms with Crippen LogP contribution in [0.2, 0.25) is 0 Å². The first-order chi connectivity index (χ1) is 10.2. The molecular weight excluding hydrogens is 270 g/mol. The summed E-state index contributed by atoms with van der Waals surface area (Å²) in [5.74, 6) is 1.07. The van der Waals surface area contributed by atoms with Crippen molar-refractivity contribution < 1.29 is 9.66 Å². The number of benzene rings is 1. The zero-order valence-electron chi connectivity index (χ0n) is 11.8. The maximum absolute atomic E-state index is 10.9. The second-order valence-electron chi connectivity index (χ2n) is 4.49. The second-order valence-corrected chi connectivity index (χ2v) is 4.49. The molecule has 2 rings (SSSR count). The van der Waals surface area contributed by atoms with Gasteiger partial charge >= 0.3 is 5.69 Å². The molecular formula is C15H17N3O3. The SMILES string of the molecule is CCCNc1ccc(COc2ccccc2[N+](=O)[O-])cn1. The Kier molecular flexibility index (Phi) is 5.09. The van der Waals surface area contributed by atoms with E-state index >= 15 is 0 Å². The summed E-state index contributed by atoms with van der Waals surface area (Å²) in [7, 11) is 0. The molecule has 0 spiro atoms. The van der Waals surface area contributed by atoms with Gasteiger partial charge in [-0.1, -0.05) is 25.1 Å². The van der Waals surface area contributed by atoms with Crippen LogP contribution in [0.5, 0.6) is 5.75 Å². The Morgan fingerprint density at radius 1 is 1.29 bits per heavy atom. The van der Waals surface area contributed by atoms with E-state index in [1.807, 2.05) is 12.1 Å². The number of ether oxygens (including phenoxy) is 1. The third-order valence-electron chi connectivity index (χ3n) is 2.84. The Morgan fingerprint density at radius 2 is 2.10 bits per heavy atom. The smallest absolute Gasteiger partial charge is 0.310 e. The molecule has 0 atom stereocenters. The van der Waals surface area contributed by atoms with Crippen molar-refractivity contribution in [3.05, 3.63) is 58.3 Å². The molecule has 6 nitrogen and oxygen atoms in total. The molecule has 1 heterocycles. The first-order valence-corrected chi connectivity index (χ1v) is 6.75. The van der Waals surface area contributed by atoms with E-state index in [0.29, 0.717) is 0 Å². The maximum atomic E-state index is 10.9. The van der Waals surface area contributed by atoms with E-state index < -0.39 is 4.92 Å². The Hall–Kier alpha value is -2.63. The van der Waals surface area contributed by atoms with Crippen LogP contribution in [0, 0.1) is 10.1 Å². The zero-order chi connectivity index (χ0) is 15.1. The molecule has 0 radical (unpaired) electrons. The molecule has 0 amide bonds. The van der Waals surface area contributed by atoms with Crippen molar-refractivity contribution in [3.8, 4) is 5.75 Å². The lowest BCUT2D eigenvalue weighted by atomic mass is 10.3. The van der Waals surface area contributed by atoms with Gasteiger partial charge in [-0.05, 0) is 18.6 Å². The number of hydrogen-bond donors (Lipinski definition) is 1. The summed E-state index contributed by atoms with van der Waals surface area (Å²) < 4.78 is 5.50. The van der Waals surface area contributed by atoms with Crippen LogP contribution in [-0.2, 0) is 6.61 Å². The summed E-state index contributed by atoms with van der Waals surface area (Å²) in [6, 6.07) is 10.1. The molecule has 0 saturated heterocycles. The molecule has 0 unspecified atom stereocenters. The summed E-state index contributed by atoms with van der Waals surface area (Å²) in [6.45, 7) is 3.20. The van der Waals surface area contributed by atoms with Gasteiger partial charge in [0.2, 0.25) is 0 Å². The van der Waals surface area contributed by atoms with E-state index in [-0.39, 0.29) is 18.0 Å². The van der Waals surface area contributed by atoms with Gasteiger partial charge in [-0.3, -0.25) is 10.1 Å². The Labute approximate surface area is 122 Å². The molecule has 0 fully saturated rings. The summed E-state index contributed by atoms with van der Waals surface area (Å²) in [5, 5.41) is 14.1. The monoisotopic (exact) mass is 287 g/mol. The molecule has 0 aliphatic heterocycles. The van der Waals surface area contributed by atoms with E-state index in [2.05, 4.69) is 17.2 Å². The van der Waals surface area contributed by atoms with Crippen LogP contribution in [0.15, 0.2) is 42.6 Å². The van der Waals surface area contributed by atoms with E-state index in [4.69, 9.17) is 4.74 Å². The van der Waals surface area contributed by atoms with Gasteiger partial charge in [0.15, 0.2) is 5.75 Å².